The molecule has 6 heteroatoms. The van der Waals surface area contributed by atoms with Gasteiger partial charge < -0.3 is 14.4 Å². The van der Waals surface area contributed by atoms with Gasteiger partial charge in [0.05, 0.1) is 0 Å². The van der Waals surface area contributed by atoms with Gasteiger partial charge in [0.2, 0.25) is 5.88 Å². The van der Waals surface area contributed by atoms with Gasteiger partial charge in [-0.25, -0.2) is 4.79 Å². The summed E-state index contributed by atoms with van der Waals surface area (Å²) in [5.74, 6) is 1.62. The summed E-state index contributed by atoms with van der Waals surface area (Å²) >= 11 is 0. The molecule has 0 saturated carbocycles. The lowest BCUT2D eigenvalue weighted by molar-refractivity contribution is 0.0233. The fourth-order valence-electron chi connectivity index (χ4n) is 2.86. The number of carbonyl (C=O) groups excluding carboxylic acids is 1. The monoisotopic (exact) mass is 341 g/mol. The molecule has 1 saturated heterocycles. The number of amides is 2. The van der Waals surface area contributed by atoms with Crippen LogP contribution in [0.1, 0.15) is 13.3 Å². The molecule has 1 aliphatic rings. The number of para-hydroxylation sites is 1. The van der Waals surface area contributed by atoms with Crippen molar-refractivity contribution >= 4 is 11.8 Å². The minimum Gasteiger partial charge on any atom is -0.439 e. The number of carbonyl (C=O) groups is 1. The van der Waals surface area contributed by atoms with E-state index in [4.69, 9.17) is 9.47 Å². The number of pyridine rings is 1. The minimum atomic E-state index is -0.140. The molecule has 2 aromatic rings. The van der Waals surface area contributed by atoms with E-state index >= 15 is 0 Å². The molecule has 1 N–H and O–H groups in total. The first-order valence-corrected chi connectivity index (χ1v) is 8.33. The normalized spacial score (nSPS) is 15.4. The van der Waals surface area contributed by atoms with Crippen LogP contribution in [-0.2, 0) is 4.74 Å². The number of benzene rings is 1. The lowest BCUT2D eigenvalue weighted by atomic mass is 9.79. The molecule has 0 radical (unpaired) electrons. The number of methoxy groups -OCH3 is 1. The summed E-state index contributed by atoms with van der Waals surface area (Å²) < 4.78 is 10.8. The molecule has 1 aliphatic heterocycles. The van der Waals surface area contributed by atoms with E-state index in [0.29, 0.717) is 24.1 Å². The van der Waals surface area contributed by atoms with Crippen molar-refractivity contribution < 1.29 is 14.3 Å². The van der Waals surface area contributed by atoms with E-state index in [1.54, 1.807) is 30.2 Å². The van der Waals surface area contributed by atoms with Gasteiger partial charge in [0, 0.05) is 38.3 Å². The lowest BCUT2D eigenvalue weighted by Crippen LogP contribution is -2.58. The molecule has 2 amide bonds. The predicted molar refractivity (Wildman–Crippen MR) is 95.9 cm³/mol. The van der Waals surface area contributed by atoms with Crippen molar-refractivity contribution in [2.24, 2.45) is 5.41 Å². The Kier molecular flexibility index (Phi) is 5.19. The number of likely N-dealkylation sites (tertiary alicyclic amines) is 1. The largest absolute Gasteiger partial charge is 0.439 e. The van der Waals surface area contributed by atoms with Gasteiger partial charge in [-0.1, -0.05) is 31.2 Å². The third-order valence-corrected chi connectivity index (χ3v) is 4.27. The van der Waals surface area contributed by atoms with E-state index in [2.05, 4.69) is 17.2 Å². The molecule has 3 rings (SSSR count). The number of hydrogen-bond acceptors (Lipinski definition) is 4. The van der Waals surface area contributed by atoms with Crippen LogP contribution < -0.4 is 10.1 Å². The first kappa shape index (κ1) is 17.2. The van der Waals surface area contributed by atoms with Crippen molar-refractivity contribution in [1.29, 1.82) is 0 Å². The highest BCUT2D eigenvalue weighted by Crippen LogP contribution is 2.33. The molecule has 6 nitrogen and oxygen atoms in total. The molecule has 132 valence electrons. The van der Waals surface area contributed by atoms with Gasteiger partial charge in [0.25, 0.3) is 0 Å². The first-order valence-electron chi connectivity index (χ1n) is 8.33. The molecule has 2 heterocycles. The van der Waals surface area contributed by atoms with Crippen molar-refractivity contribution in [3.8, 4) is 11.6 Å². The Morgan fingerprint density at radius 3 is 2.68 bits per heavy atom. The summed E-state index contributed by atoms with van der Waals surface area (Å²) in [7, 11) is 1.70. The number of nitrogens with one attached hydrogen (secondary N) is 1. The van der Waals surface area contributed by atoms with Crippen LogP contribution in [0.15, 0.2) is 48.5 Å². The number of anilines is 1. The topological polar surface area (TPSA) is 63.7 Å². The van der Waals surface area contributed by atoms with Crippen LogP contribution in [0.5, 0.6) is 11.6 Å². The van der Waals surface area contributed by atoms with Crippen LogP contribution in [0.4, 0.5) is 10.6 Å². The summed E-state index contributed by atoms with van der Waals surface area (Å²) in [6.07, 6.45) is 0.950. The molecule has 0 aliphatic carbocycles. The Morgan fingerprint density at radius 2 is 1.96 bits per heavy atom. The molecule has 1 aromatic heterocycles. The van der Waals surface area contributed by atoms with Crippen molar-refractivity contribution in [2.45, 2.75) is 13.3 Å². The first-order chi connectivity index (χ1) is 12.1. The maximum absolute atomic E-state index is 12.3. The number of nitrogens with zero attached hydrogens (tertiary/aromatic N) is 2. The van der Waals surface area contributed by atoms with Gasteiger partial charge in [-0.05, 0) is 24.6 Å². The molecule has 1 aromatic carbocycles. The maximum atomic E-state index is 12.3. The third kappa shape index (κ3) is 4.48. The van der Waals surface area contributed by atoms with E-state index < -0.39 is 0 Å². The van der Waals surface area contributed by atoms with Gasteiger partial charge in [-0.3, -0.25) is 5.32 Å². The molecule has 0 spiro atoms. The molecule has 0 bridgehead atoms. The quantitative estimate of drug-likeness (QED) is 0.869. The van der Waals surface area contributed by atoms with Gasteiger partial charge in [0.15, 0.2) is 0 Å². The Balaban J connectivity index is 1.55. The van der Waals surface area contributed by atoms with Crippen molar-refractivity contribution in [2.75, 3.05) is 32.1 Å². The summed E-state index contributed by atoms with van der Waals surface area (Å²) in [6, 6.07) is 14.6. The highest BCUT2D eigenvalue weighted by Gasteiger charge is 2.40. The minimum absolute atomic E-state index is 0.138. The second kappa shape index (κ2) is 7.53. The van der Waals surface area contributed by atoms with Gasteiger partial charge in [0.1, 0.15) is 11.6 Å². The van der Waals surface area contributed by atoms with Crippen LogP contribution in [0, 0.1) is 5.41 Å². The van der Waals surface area contributed by atoms with Crippen molar-refractivity contribution in [1.82, 2.24) is 9.88 Å². The highest BCUT2D eigenvalue weighted by atomic mass is 16.5. The molecular formula is C19H23N3O3. The van der Waals surface area contributed by atoms with Crippen molar-refractivity contribution in [3.05, 3.63) is 48.5 Å². The fraction of sp³-hybridized carbons (Fsp3) is 0.368. The second-order valence-corrected chi connectivity index (χ2v) is 6.62. The molecule has 25 heavy (non-hydrogen) atoms. The Bertz CT molecular complexity index is 715. The van der Waals surface area contributed by atoms with Crippen LogP contribution in [-0.4, -0.2) is 42.7 Å². The van der Waals surface area contributed by atoms with Gasteiger partial charge >= 0.3 is 6.03 Å². The van der Waals surface area contributed by atoms with E-state index in [9.17, 15) is 4.79 Å². The zero-order valence-electron chi connectivity index (χ0n) is 14.6. The standard InChI is InChI=1S/C19H23N3O3/c1-19(11-12-24-2)13-22(14-19)18(23)21-16-9-6-10-17(20-16)25-15-7-4-3-5-8-15/h3-10H,11-14H2,1-2H3,(H,20,21,23). The summed E-state index contributed by atoms with van der Waals surface area (Å²) in [4.78, 5) is 18.4. The molecular weight excluding hydrogens is 318 g/mol. The molecule has 0 atom stereocenters. The Labute approximate surface area is 147 Å². The highest BCUT2D eigenvalue weighted by molar-refractivity contribution is 5.89. The Hall–Kier alpha value is -2.60. The van der Waals surface area contributed by atoms with E-state index in [-0.39, 0.29) is 11.4 Å². The average Bonchev–Trinajstić information content (AvgIpc) is 2.58. The molecule has 1 fully saturated rings. The zero-order valence-corrected chi connectivity index (χ0v) is 14.6. The lowest BCUT2D eigenvalue weighted by Gasteiger charge is -2.47. The number of urea groups is 1. The SMILES string of the molecule is COCCC1(C)CN(C(=O)Nc2cccc(Oc3ccccc3)n2)C1. The van der Waals surface area contributed by atoms with Crippen molar-refractivity contribution in [3.63, 3.8) is 0 Å². The van der Waals surface area contributed by atoms with E-state index in [1.165, 1.54) is 0 Å². The predicted octanol–water partition coefficient (Wildman–Crippen LogP) is 3.76. The van der Waals surface area contributed by atoms with Gasteiger partial charge in [-0.15, -0.1) is 0 Å². The maximum Gasteiger partial charge on any atom is 0.323 e. The number of ether oxygens (including phenoxy) is 2. The van der Waals surface area contributed by atoms with Crippen LogP contribution in [0.25, 0.3) is 0 Å². The van der Waals surface area contributed by atoms with E-state index in [1.807, 2.05) is 30.3 Å². The summed E-state index contributed by atoms with van der Waals surface area (Å²) in [6.45, 7) is 4.33. The van der Waals surface area contributed by atoms with Crippen LogP contribution in [0.3, 0.4) is 0 Å². The van der Waals surface area contributed by atoms with Crippen LogP contribution >= 0.6 is 0 Å². The van der Waals surface area contributed by atoms with Crippen LogP contribution in [0.2, 0.25) is 0 Å². The second-order valence-electron chi connectivity index (χ2n) is 6.62. The smallest absolute Gasteiger partial charge is 0.323 e. The summed E-state index contributed by atoms with van der Waals surface area (Å²) in [5.41, 5.74) is 0.138. The Morgan fingerprint density at radius 1 is 1.20 bits per heavy atom. The number of rotatable bonds is 6. The third-order valence-electron chi connectivity index (χ3n) is 4.27. The average molecular weight is 341 g/mol. The summed E-state index contributed by atoms with van der Waals surface area (Å²) in [5, 5.41) is 2.83. The van der Waals surface area contributed by atoms with E-state index in [0.717, 1.165) is 19.5 Å². The zero-order chi connectivity index (χ0) is 17.7. The van der Waals surface area contributed by atoms with Gasteiger partial charge in [-0.2, -0.15) is 4.98 Å². The fourth-order valence-corrected chi connectivity index (χ4v) is 2.86. The number of hydrogen-bond donors (Lipinski definition) is 1. The number of aromatic nitrogens is 1. The molecule has 0 unspecified atom stereocenters.